The van der Waals surface area contributed by atoms with E-state index >= 15 is 0 Å². The predicted octanol–water partition coefficient (Wildman–Crippen LogP) is 3.63. The Morgan fingerprint density at radius 1 is 0.833 bits per heavy atom. The van der Waals surface area contributed by atoms with Crippen molar-refractivity contribution in [2.45, 2.75) is 11.5 Å². The van der Waals surface area contributed by atoms with E-state index in [0.29, 0.717) is 4.32 Å². The van der Waals surface area contributed by atoms with Crippen LogP contribution in [0.5, 0.6) is 0 Å². The summed E-state index contributed by atoms with van der Waals surface area (Å²) in [5.74, 6) is 1.95. The van der Waals surface area contributed by atoms with Gasteiger partial charge in [0.05, 0.1) is 0 Å². The molecule has 0 atom stereocenters. The van der Waals surface area contributed by atoms with Crippen LogP contribution in [0.4, 0.5) is 0 Å². The van der Waals surface area contributed by atoms with Crippen LogP contribution in [-0.2, 0) is 11.5 Å². The summed E-state index contributed by atoms with van der Waals surface area (Å²) < 4.78 is 0.665. The second kappa shape index (κ2) is 6.57. The molecular formula is C15H17NS2. The molecule has 2 N–H and O–H groups in total. The summed E-state index contributed by atoms with van der Waals surface area (Å²) in [6.45, 7) is 0. The highest BCUT2D eigenvalue weighted by atomic mass is 32.2. The van der Waals surface area contributed by atoms with Gasteiger partial charge >= 0.3 is 0 Å². The van der Waals surface area contributed by atoms with Gasteiger partial charge in [-0.05, 0) is 11.1 Å². The molecule has 0 radical (unpaired) electrons. The Morgan fingerprint density at radius 2 is 1.22 bits per heavy atom. The van der Waals surface area contributed by atoms with Gasteiger partial charge in [-0.15, -0.1) is 0 Å². The second-order valence-corrected chi connectivity index (χ2v) is 7.10. The van der Waals surface area contributed by atoms with E-state index in [4.69, 9.17) is 18.0 Å². The molecular weight excluding hydrogens is 258 g/mol. The maximum Gasteiger partial charge on any atom is 0.111 e. The molecule has 0 saturated heterocycles. The highest BCUT2D eigenvalue weighted by molar-refractivity contribution is 8.35. The van der Waals surface area contributed by atoms with Gasteiger partial charge in [-0.3, -0.25) is 0 Å². The summed E-state index contributed by atoms with van der Waals surface area (Å²) in [6, 6.07) is 20.9. The molecule has 0 bridgehead atoms. The van der Waals surface area contributed by atoms with Crippen molar-refractivity contribution in [1.82, 2.24) is 0 Å². The van der Waals surface area contributed by atoms with Gasteiger partial charge < -0.3 is 5.73 Å². The van der Waals surface area contributed by atoms with Crippen molar-refractivity contribution in [1.29, 1.82) is 0 Å². The molecule has 0 heterocycles. The van der Waals surface area contributed by atoms with E-state index in [1.54, 1.807) is 0 Å². The summed E-state index contributed by atoms with van der Waals surface area (Å²) >= 11 is 5.22. The number of hydrogen-bond acceptors (Lipinski definition) is 1. The zero-order valence-electron chi connectivity index (χ0n) is 10.1. The third kappa shape index (κ3) is 3.86. The van der Waals surface area contributed by atoms with Crippen LogP contribution in [-0.4, -0.2) is 4.32 Å². The van der Waals surface area contributed by atoms with Gasteiger partial charge in [-0.25, -0.2) is 0 Å². The van der Waals surface area contributed by atoms with Crippen molar-refractivity contribution in [2.24, 2.45) is 5.73 Å². The molecule has 0 aliphatic carbocycles. The first-order valence-electron chi connectivity index (χ1n) is 5.88. The maximum absolute atomic E-state index is 5.89. The normalized spacial score (nSPS) is 11.0. The number of thiol groups is 1. The first-order chi connectivity index (χ1) is 8.75. The first kappa shape index (κ1) is 13.1. The highest BCUT2D eigenvalue weighted by Crippen LogP contribution is 2.34. The Morgan fingerprint density at radius 3 is 1.56 bits per heavy atom. The van der Waals surface area contributed by atoms with E-state index in [1.807, 2.05) is 12.1 Å². The summed E-state index contributed by atoms with van der Waals surface area (Å²) in [6.07, 6.45) is 0. The molecule has 2 rings (SSSR count). The van der Waals surface area contributed by atoms with Gasteiger partial charge in [0.1, 0.15) is 4.32 Å². The number of rotatable bonds is 4. The second-order valence-electron chi connectivity index (χ2n) is 4.17. The third-order valence-electron chi connectivity index (χ3n) is 2.74. The summed E-state index contributed by atoms with van der Waals surface area (Å²) in [5, 5.41) is 0. The molecule has 0 aromatic heterocycles. The smallest absolute Gasteiger partial charge is 0.111 e. The van der Waals surface area contributed by atoms with Crippen LogP contribution in [0, 0.1) is 0 Å². The van der Waals surface area contributed by atoms with E-state index < -0.39 is 10.9 Å². The Balaban J connectivity index is 2.08. The van der Waals surface area contributed by atoms with E-state index in [1.165, 1.54) is 11.1 Å². The average Bonchev–Trinajstić information content (AvgIpc) is 2.40. The fraction of sp³-hybridized carbons (Fsp3) is 0.133. The molecule has 94 valence electrons. The van der Waals surface area contributed by atoms with Crippen molar-refractivity contribution < 1.29 is 0 Å². The van der Waals surface area contributed by atoms with E-state index in [0.717, 1.165) is 11.5 Å². The largest absolute Gasteiger partial charge is 0.386 e. The SMILES string of the molecule is NC(=S)[SH](Cc1ccccc1)Cc1ccccc1. The quantitative estimate of drug-likeness (QED) is 0.658. The van der Waals surface area contributed by atoms with Crippen molar-refractivity contribution in [3.63, 3.8) is 0 Å². The van der Waals surface area contributed by atoms with Crippen molar-refractivity contribution in [3.8, 4) is 0 Å². The van der Waals surface area contributed by atoms with Gasteiger partial charge in [0, 0.05) is 11.5 Å². The van der Waals surface area contributed by atoms with Crippen molar-refractivity contribution in [2.75, 3.05) is 0 Å². The Hall–Kier alpha value is -1.32. The van der Waals surface area contributed by atoms with E-state index in [2.05, 4.69) is 48.5 Å². The lowest BCUT2D eigenvalue weighted by molar-refractivity contribution is 1.35. The van der Waals surface area contributed by atoms with Crippen molar-refractivity contribution in [3.05, 3.63) is 71.8 Å². The lowest BCUT2D eigenvalue weighted by atomic mass is 10.2. The number of nitrogens with two attached hydrogens (primary N) is 1. The maximum atomic E-state index is 5.89. The van der Waals surface area contributed by atoms with Crippen LogP contribution >= 0.6 is 23.1 Å². The highest BCUT2D eigenvalue weighted by Gasteiger charge is 2.09. The van der Waals surface area contributed by atoms with Crippen LogP contribution in [0.1, 0.15) is 11.1 Å². The van der Waals surface area contributed by atoms with Crippen LogP contribution in [0.3, 0.4) is 0 Å². The molecule has 0 saturated carbocycles. The van der Waals surface area contributed by atoms with Crippen LogP contribution < -0.4 is 5.73 Å². The molecule has 0 amide bonds. The summed E-state index contributed by atoms with van der Waals surface area (Å²) in [5.41, 5.74) is 8.52. The molecule has 0 fully saturated rings. The van der Waals surface area contributed by atoms with Gasteiger partial charge in [0.2, 0.25) is 0 Å². The molecule has 1 nitrogen and oxygen atoms in total. The fourth-order valence-electron chi connectivity index (χ4n) is 1.82. The predicted molar refractivity (Wildman–Crippen MR) is 86.1 cm³/mol. The topological polar surface area (TPSA) is 26.0 Å². The lowest BCUT2D eigenvalue weighted by Gasteiger charge is -2.20. The Bertz CT molecular complexity index is 455. The molecule has 0 unspecified atom stereocenters. The number of benzene rings is 2. The van der Waals surface area contributed by atoms with Gasteiger partial charge in [0.15, 0.2) is 0 Å². The van der Waals surface area contributed by atoms with Crippen LogP contribution in [0.2, 0.25) is 0 Å². The molecule has 2 aromatic rings. The third-order valence-corrected chi connectivity index (χ3v) is 5.64. The lowest BCUT2D eigenvalue weighted by Crippen LogP contribution is -2.11. The summed E-state index contributed by atoms with van der Waals surface area (Å²) in [7, 11) is -0.463. The average molecular weight is 275 g/mol. The van der Waals surface area contributed by atoms with Gasteiger partial charge in [0.25, 0.3) is 0 Å². The minimum absolute atomic E-state index is 0.463. The molecule has 0 aliphatic heterocycles. The minimum atomic E-state index is -0.463. The number of hydrogen-bond donors (Lipinski definition) is 2. The van der Waals surface area contributed by atoms with Crippen LogP contribution in [0.25, 0.3) is 0 Å². The monoisotopic (exact) mass is 275 g/mol. The Labute approximate surface area is 116 Å². The van der Waals surface area contributed by atoms with Gasteiger partial charge in [-0.2, -0.15) is 10.9 Å². The minimum Gasteiger partial charge on any atom is -0.386 e. The molecule has 18 heavy (non-hydrogen) atoms. The number of thiocarbonyl (C=S) groups is 1. The first-order valence-corrected chi connectivity index (χ1v) is 8.00. The standard InChI is InChI=1S/C15H17NS2/c16-15(17)18(11-13-7-3-1-4-8-13)12-14-9-5-2-6-10-14/h1-10,18H,11-12H2,(H2,16,17). The Kier molecular flexibility index (Phi) is 4.79. The summed E-state index contributed by atoms with van der Waals surface area (Å²) in [4.78, 5) is 0. The van der Waals surface area contributed by atoms with Crippen molar-refractivity contribution >= 4 is 27.4 Å². The zero-order chi connectivity index (χ0) is 12.8. The molecule has 3 heteroatoms. The molecule has 2 aromatic carbocycles. The molecule has 0 aliphatic rings. The molecule has 0 spiro atoms. The van der Waals surface area contributed by atoms with Gasteiger partial charge in [-0.1, -0.05) is 72.9 Å². The van der Waals surface area contributed by atoms with Crippen LogP contribution in [0.15, 0.2) is 60.7 Å². The zero-order valence-corrected chi connectivity index (χ0v) is 11.8. The fourth-order valence-corrected chi connectivity index (χ4v) is 3.93. The van der Waals surface area contributed by atoms with E-state index in [-0.39, 0.29) is 0 Å². The van der Waals surface area contributed by atoms with E-state index in [9.17, 15) is 0 Å².